The van der Waals surface area contributed by atoms with Crippen molar-refractivity contribution >= 4 is 28.8 Å². The molecule has 1 aromatic heterocycles. The Morgan fingerprint density at radius 1 is 1.13 bits per heavy atom. The smallest absolute Gasteiger partial charge is 0.239 e. The summed E-state index contributed by atoms with van der Waals surface area (Å²) in [4.78, 5) is 33.3. The third-order valence-corrected chi connectivity index (χ3v) is 5.36. The second-order valence-corrected chi connectivity index (χ2v) is 7.17. The van der Waals surface area contributed by atoms with Crippen molar-refractivity contribution in [1.82, 2.24) is 9.88 Å². The van der Waals surface area contributed by atoms with E-state index in [0.717, 1.165) is 10.7 Å². The molecule has 6 heteroatoms. The molecule has 0 spiro atoms. The molecule has 0 saturated carbocycles. The molecule has 2 amide bonds. The van der Waals surface area contributed by atoms with Crippen LogP contribution in [0.2, 0.25) is 0 Å². The van der Waals surface area contributed by atoms with Gasteiger partial charge < -0.3 is 0 Å². The number of hydrogen-bond acceptors (Lipinski definition) is 5. The lowest BCUT2D eigenvalue weighted by molar-refractivity contribution is -0.123. The van der Waals surface area contributed by atoms with Gasteiger partial charge in [-0.15, -0.1) is 11.3 Å². The molecule has 2 aromatic rings. The predicted molar refractivity (Wildman–Crippen MR) is 88.0 cm³/mol. The number of benzene rings is 1. The molecule has 118 valence electrons. The summed E-state index contributed by atoms with van der Waals surface area (Å²) in [5, 5.41) is 3.09. The number of nitrogens with zero attached hydrogens (tertiary/aromatic N) is 3. The highest BCUT2D eigenvalue weighted by Crippen LogP contribution is 2.36. The van der Waals surface area contributed by atoms with Crippen LogP contribution in [0, 0.1) is 18.8 Å². The number of carbonyl (C=O) groups excluding carboxylic acids is 2. The lowest BCUT2D eigenvalue weighted by atomic mass is 10.00. The topological polar surface area (TPSA) is 53.5 Å². The van der Waals surface area contributed by atoms with Gasteiger partial charge in [0.15, 0.2) is 0 Å². The highest BCUT2D eigenvalue weighted by atomic mass is 32.1. The summed E-state index contributed by atoms with van der Waals surface area (Å²) < 4.78 is 0. The zero-order valence-corrected chi connectivity index (χ0v) is 13.6. The molecule has 0 aliphatic carbocycles. The second kappa shape index (κ2) is 5.54. The lowest BCUT2D eigenvalue weighted by Gasteiger charge is -2.20. The molecule has 2 saturated heterocycles. The van der Waals surface area contributed by atoms with E-state index in [1.54, 1.807) is 11.3 Å². The Labute approximate surface area is 138 Å². The maximum absolute atomic E-state index is 12.7. The van der Waals surface area contributed by atoms with Crippen LogP contribution in [-0.2, 0) is 16.1 Å². The van der Waals surface area contributed by atoms with E-state index < -0.39 is 0 Å². The van der Waals surface area contributed by atoms with E-state index >= 15 is 0 Å². The first-order chi connectivity index (χ1) is 11.1. The van der Waals surface area contributed by atoms with Crippen LogP contribution >= 0.6 is 11.3 Å². The highest BCUT2D eigenvalue weighted by molar-refractivity contribution is 7.09. The van der Waals surface area contributed by atoms with Gasteiger partial charge in [0.1, 0.15) is 0 Å². The summed E-state index contributed by atoms with van der Waals surface area (Å²) >= 11 is 1.63. The monoisotopic (exact) mass is 327 g/mol. The second-order valence-electron chi connectivity index (χ2n) is 6.11. The van der Waals surface area contributed by atoms with Crippen LogP contribution in [0.3, 0.4) is 0 Å². The first kappa shape index (κ1) is 14.5. The summed E-state index contributed by atoms with van der Waals surface area (Å²) in [6.45, 7) is 3.96. The Kier molecular flexibility index (Phi) is 3.50. The van der Waals surface area contributed by atoms with E-state index in [9.17, 15) is 9.59 Å². The van der Waals surface area contributed by atoms with Crippen LogP contribution < -0.4 is 4.90 Å². The number of fused-ring (bicyclic) bond motifs is 1. The number of para-hydroxylation sites is 1. The molecule has 0 bridgehead atoms. The fraction of sp³-hybridized carbons (Fsp3) is 0.353. The SMILES string of the molecule is Cc1nc(CN2CC3C(=O)N(c4ccccc4)C(=O)C3C2)cs1. The van der Waals surface area contributed by atoms with E-state index in [-0.39, 0.29) is 23.7 Å². The Balaban J connectivity index is 1.50. The minimum absolute atomic E-state index is 0.0665. The first-order valence-electron chi connectivity index (χ1n) is 7.69. The maximum Gasteiger partial charge on any atom is 0.239 e. The van der Waals surface area contributed by atoms with E-state index in [1.165, 1.54) is 4.90 Å². The van der Waals surface area contributed by atoms with Gasteiger partial charge in [0, 0.05) is 25.0 Å². The Morgan fingerprint density at radius 3 is 2.35 bits per heavy atom. The number of hydrogen-bond donors (Lipinski definition) is 0. The van der Waals surface area contributed by atoms with Crippen molar-refractivity contribution in [3.8, 4) is 0 Å². The van der Waals surface area contributed by atoms with E-state index in [1.807, 2.05) is 42.6 Å². The first-order valence-corrected chi connectivity index (χ1v) is 8.57. The fourth-order valence-electron chi connectivity index (χ4n) is 3.50. The molecule has 23 heavy (non-hydrogen) atoms. The van der Waals surface area contributed by atoms with Crippen molar-refractivity contribution in [1.29, 1.82) is 0 Å². The van der Waals surface area contributed by atoms with Gasteiger partial charge in [0.2, 0.25) is 11.8 Å². The fourth-order valence-corrected chi connectivity index (χ4v) is 4.10. The van der Waals surface area contributed by atoms with Gasteiger partial charge in [0.25, 0.3) is 0 Å². The largest absolute Gasteiger partial charge is 0.296 e. The Bertz CT molecular complexity index is 734. The molecule has 2 aliphatic heterocycles. The molecule has 3 heterocycles. The summed E-state index contributed by atoms with van der Waals surface area (Å²) in [5.74, 6) is -0.573. The van der Waals surface area contributed by atoms with Crippen LogP contribution in [0.4, 0.5) is 5.69 Å². The number of rotatable bonds is 3. The van der Waals surface area contributed by atoms with Crippen molar-refractivity contribution < 1.29 is 9.59 Å². The highest BCUT2D eigenvalue weighted by Gasteiger charge is 2.52. The number of amides is 2. The summed E-state index contributed by atoms with van der Waals surface area (Å²) in [6.07, 6.45) is 0. The van der Waals surface area contributed by atoms with Gasteiger partial charge in [-0.2, -0.15) is 0 Å². The van der Waals surface area contributed by atoms with Gasteiger partial charge in [-0.1, -0.05) is 18.2 Å². The lowest BCUT2D eigenvalue weighted by Crippen LogP contribution is -2.35. The van der Waals surface area contributed by atoms with Crippen LogP contribution in [0.1, 0.15) is 10.7 Å². The van der Waals surface area contributed by atoms with Crippen LogP contribution in [0.5, 0.6) is 0 Å². The van der Waals surface area contributed by atoms with Crippen molar-refractivity contribution in [2.45, 2.75) is 13.5 Å². The average molecular weight is 327 g/mol. The predicted octanol–water partition coefficient (Wildman–Crippen LogP) is 2.07. The van der Waals surface area contributed by atoms with Gasteiger partial charge in [0.05, 0.1) is 28.2 Å². The molecule has 0 radical (unpaired) electrons. The minimum Gasteiger partial charge on any atom is -0.296 e. The number of thiazole rings is 1. The normalized spacial score (nSPS) is 24.5. The molecule has 0 N–H and O–H groups in total. The molecule has 2 fully saturated rings. The van der Waals surface area contributed by atoms with Crippen molar-refractivity contribution in [3.63, 3.8) is 0 Å². The average Bonchev–Trinajstić information content (AvgIpc) is 3.20. The number of likely N-dealkylation sites (tertiary alicyclic amines) is 1. The molecule has 2 unspecified atom stereocenters. The van der Waals surface area contributed by atoms with Crippen LogP contribution in [0.25, 0.3) is 0 Å². The number of aryl methyl sites for hydroxylation is 1. The maximum atomic E-state index is 12.7. The molecule has 4 rings (SSSR count). The molecular formula is C17H17N3O2S. The number of carbonyl (C=O) groups is 2. The third kappa shape index (κ3) is 2.48. The summed E-state index contributed by atoms with van der Waals surface area (Å²) in [5.41, 5.74) is 1.70. The quantitative estimate of drug-likeness (QED) is 0.810. The third-order valence-electron chi connectivity index (χ3n) is 4.54. The summed E-state index contributed by atoms with van der Waals surface area (Å²) in [7, 11) is 0. The van der Waals surface area contributed by atoms with Crippen molar-refractivity contribution in [3.05, 3.63) is 46.4 Å². The van der Waals surface area contributed by atoms with Gasteiger partial charge in [-0.05, 0) is 19.1 Å². The van der Waals surface area contributed by atoms with Crippen molar-refractivity contribution in [2.75, 3.05) is 18.0 Å². The molecule has 1 aromatic carbocycles. The molecular weight excluding hydrogens is 310 g/mol. The van der Waals surface area contributed by atoms with Crippen molar-refractivity contribution in [2.24, 2.45) is 11.8 Å². The molecule has 5 nitrogen and oxygen atoms in total. The van der Waals surface area contributed by atoms with Crippen LogP contribution in [0.15, 0.2) is 35.7 Å². The van der Waals surface area contributed by atoms with E-state index in [0.29, 0.717) is 25.3 Å². The van der Waals surface area contributed by atoms with Gasteiger partial charge in [-0.25, -0.2) is 9.88 Å². The van der Waals surface area contributed by atoms with Gasteiger partial charge in [-0.3, -0.25) is 14.5 Å². The number of anilines is 1. The van der Waals surface area contributed by atoms with Gasteiger partial charge >= 0.3 is 0 Å². The zero-order chi connectivity index (χ0) is 16.0. The Hall–Kier alpha value is -2.05. The standard InChI is InChI=1S/C17H17N3O2S/c1-11-18-12(10-23-11)7-19-8-14-15(9-19)17(22)20(16(14)21)13-5-3-2-4-6-13/h2-6,10,14-15H,7-9H2,1H3. The Morgan fingerprint density at radius 2 is 1.78 bits per heavy atom. The molecule has 2 aliphatic rings. The van der Waals surface area contributed by atoms with E-state index in [2.05, 4.69) is 9.88 Å². The number of imide groups is 1. The summed E-state index contributed by atoms with van der Waals surface area (Å²) in [6, 6.07) is 9.20. The molecule has 2 atom stereocenters. The number of aromatic nitrogens is 1. The van der Waals surface area contributed by atoms with E-state index in [4.69, 9.17) is 0 Å². The minimum atomic E-state index is -0.220. The van der Waals surface area contributed by atoms with Crippen LogP contribution in [-0.4, -0.2) is 34.8 Å². The zero-order valence-electron chi connectivity index (χ0n) is 12.8.